The van der Waals surface area contributed by atoms with Gasteiger partial charge in [-0.3, -0.25) is 0 Å². The lowest BCUT2D eigenvalue weighted by molar-refractivity contribution is 0.317. The molecule has 1 aromatic carbocycles. The smallest absolute Gasteiger partial charge is 0.232 e. The number of halogens is 1. The molecule has 0 aromatic heterocycles. The van der Waals surface area contributed by atoms with Gasteiger partial charge in [0.1, 0.15) is 5.75 Å². The minimum Gasteiger partial charge on any atom is -0.494 e. The lowest BCUT2D eigenvalue weighted by Crippen LogP contribution is -2.05. The van der Waals surface area contributed by atoms with Crippen LogP contribution in [-0.2, 0) is 18.9 Å². The van der Waals surface area contributed by atoms with Gasteiger partial charge in [0.25, 0.3) is 0 Å². The fourth-order valence-corrected chi connectivity index (χ4v) is 2.66. The summed E-state index contributed by atoms with van der Waals surface area (Å²) in [6.45, 7) is 0.152. The van der Waals surface area contributed by atoms with Crippen molar-refractivity contribution in [2.24, 2.45) is 0 Å². The van der Waals surface area contributed by atoms with Crippen LogP contribution in [0.4, 0.5) is 0 Å². The Morgan fingerprint density at radius 1 is 1.22 bits per heavy atom. The second-order valence-corrected chi connectivity index (χ2v) is 8.60. The molecule has 102 valence electrons. The molecule has 0 saturated carbocycles. The van der Waals surface area contributed by atoms with E-state index >= 15 is 0 Å². The topological polar surface area (TPSA) is 77.5 Å². The van der Waals surface area contributed by atoms with Gasteiger partial charge in [-0.1, -0.05) is 6.07 Å². The van der Waals surface area contributed by atoms with Crippen molar-refractivity contribution in [3.63, 3.8) is 0 Å². The van der Waals surface area contributed by atoms with Crippen molar-refractivity contribution in [1.29, 1.82) is 0 Å². The van der Waals surface area contributed by atoms with Crippen LogP contribution in [0.2, 0.25) is 0 Å². The van der Waals surface area contributed by atoms with Crippen LogP contribution >= 0.6 is 10.7 Å². The molecule has 8 heteroatoms. The molecule has 0 aliphatic carbocycles. The largest absolute Gasteiger partial charge is 0.494 e. The molecule has 0 aliphatic heterocycles. The van der Waals surface area contributed by atoms with Crippen molar-refractivity contribution in [2.75, 3.05) is 18.6 Å². The molecule has 0 spiro atoms. The Morgan fingerprint density at radius 2 is 1.89 bits per heavy atom. The molecule has 0 atom stereocenters. The average molecular weight is 313 g/mol. The first-order valence-electron chi connectivity index (χ1n) is 5.04. The summed E-state index contributed by atoms with van der Waals surface area (Å²) in [6.07, 6.45) is 1.35. The minimum absolute atomic E-state index is 0.152. The molecular weight excluding hydrogens is 300 g/mol. The maximum Gasteiger partial charge on any atom is 0.232 e. The van der Waals surface area contributed by atoms with Crippen LogP contribution in [-0.4, -0.2) is 35.5 Å². The first-order valence-corrected chi connectivity index (χ1v) is 9.41. The van der Waals surface area contributed by atoms with Crippen molar-refractivity contribution < 1.29 is 21.6 Å². The zero-order chi connectivity index (χ0) is 13.8. The van der Waals surface area contributed by atoms with Gasteiger partial charge < -0.3 is 4.74 Å². The molecule has 5 nitrogen and oxygen atoms in total. The summed E-state index contributed by atoms with van der Waals surface area (Å²) < 4.78 is 49.2. The molecule has 0 heterocycles. The summed E-state index contributed by atoms with van der Waals surface area (Å²) in [5.74, 6) is 0.199. The fourth-order valence-electron chi connectivity index (χ4n) is 1.22. The average Bonchev–Trinajstić information content (AvgIpc) is 2.22. The number of ether oxygens (including phenoxy) is 1. The van der Waals surface area contributed by atoms with Crippen LogP contribution in [0.15, 0.2) is 29.2 Å². The Bertz CT molecular complexity index is 607. The highest BCUT2D eigenvalue weighted by Crippen LogP contribution is 2.17. The summed E-state index contributed by atoms with van der Waals surface area (Å²) in [5.41, 5.74) is 0. The normalized spacial score (nSPS) is 12.3. The van der Waals surface area contributed by atoms with E-state index in [1.165, 1.54) is 12.1 Å². The highest BCUT2D eigenvalue weighted by atomic mass is 35.7. The van der Waals surface area contributed by atoms with E-state index in [0.29, 0.717) is 5.75 Å². The highest BCUT2D eigenvalue weighted by Gasteiger charge is 2.08. The summed E-state index contributed by atoms with van der Waals surface area (Å²) in [7, 11) is -1.75. The lowest BCUT2D eigenvalue weighted by Gasteiger charge is -2.06. The van der Waals surface area contributed by atoms with E-state index in [1.54, 1.807) is 12.1 Å². The van der Waals surface area contributed by atoms with Crippen LogP contribution in [0.3, 0.4) is 0 Å². The molecule has 0 N–H and O–H groups in total. The van der Waals surface area contributed by atoms with E-state index in [0.717, 1.165) is 6.26 Å². The van der Waals surface area contributed by atoms with Gasteiger partial charge in [-0.05, 0) is 24.6 Å². The van der Waals surface area contributed by atoms with E-state index in [9.17, 15) is 16.8 Å². The van der Waals surface area contributed by atoms with Crippen LogP contribution in [0.5, 0.6) is 5.75 Å². The van der Waals surface area contributed by atoms with Gasteiger partial charge >= 0.3 is 0 Å². The van der Waals surface area contributed by atoms with Crippen LogP contribution < -0.4 is 4.74 Å². The lowest BCUT2D eigenvalue weighted by atomic mass is 10.3. The van der Waals surface area contributed by atoms with Crippen molar-refractivity contribution in [3.05, 3.63) is 24.3 Å². The van der Waals surface area contributed by atoms with E-state index in [-0.39, 0.29) is 23.7 Å². The third kappa shape index (κ3) is 5.70. The highest BCUT2D eigenvalue weighted by molar-refractivity contribution is 8.13. The summed E-state index contributed by atoms with van der Waals surface area (Å²) in [6, 6.07) is 6.02. The van der Waals surface area contributed by atoms with Crippen LogP contribution in [0.1, 0.15) is 6.42 Å². The van der Waals surface area contributed by atoms with Crippen molar-refractivity contribution in [3.8, 4) is 5.75 Å². The molecule has 0 aliphatic rings. The third-order valence-electron chi connectivity index (χ3n) is 2.03. The van der Waals surface area contributed by atoms with Crippen LogP contribution in [0.25, 0.3) is 0 Å². The number of hydrogen-bond acceptors (Lipinski definition) is 5. The Kier molecular flexibility index (Phi) is 5.01. The number of hydrogen-bond donors (Lipinski definition) is 0. The van der Waals surface area contributed by atoms with Gasteiger partial charge in [-0.25, -0.2) is 16.8 Å². The summed E-state index contributed by atoms with van der Waals surface area (Å²) >= 11 is 0. The Labute approximate surface area is 111 Å². The van der Waals surface area contributed by atoms with Gasteiger partial charge in [0, 0.05) is 16.9 Å². The van der Waals surface area contributed by atoms with Gasteiger partial charge in [-0.15, -0.1) is 0 Å². The second-order valence-electron chi connectivity index (χ2n) is 3.69. The Balaban J connectivity index is 2.59. The van der Waals surface area contributed by atoms with Crippen molar-refractivity contribution in [2.45, 2.75) is 11.3 Å². The first-order chi connectivity index (χ1) is 8.18. The zero-order valence-corrected chi connectivity index (χ0v) is 12.1. The van der Waals surface area contributed by atoms with Gasteiger partial charge in [0.2, 0.25) is 9.05 Å². The quantitative estimate of drug-likeness (QED) is 0.586. The third-order valence-corrected chi connectivity index (χ3v) is 4.38. The Hall–Kier alpha value is -0.790. The molecule has 1 aromatic rings. The molecule has 0 amide bonds. The Morgan fingerprint density at radius 3 is 2.44 bits per heavy atom. The molecular formula is C10H13ClO5S2. The van der Waals surface area contributed by atoms with E-state index in [2.05, 4.69) is 0 Å². The molecule has 0 fully saturated rings. The van der Waals surface area contributed by atoms with E-state index in [1.807, 2.05) is 0 Å². The summed E-state index contributed by atoms with van der Waals surface area (Å²) in [4.78, 5) is 0.157. The number of rotatable bonds is 6. The van der Waals surface area contributed by atoms with Gasteiger partial charge in [-0.2, -0.15) is 0 Å². The van der Waals surface area contributed by atoms with E-state index < -0.39 is 18.9 Å². The van der Waals surface area contributed by atoms with Gasteiger partial charge in [0.15, 0.2) is 9.84 Å². The number of sulfone groups is 1. The second kappa shape index (κ2) is 5.90. The SMILES string of the molecule is CS(=O)(=O)c1cccc(OCCCS(=O)(=O)Cl)c1. The molecule has 0 unspecified atom stereocenters. The van der Waals surface area contributed by atoms with Crippen molar-refractivity contribution >= 4 is 29.6 Å². The maximum atomic E-state index is 11.3. The molecule has 0 radical (unpaired) electrons. The standard InChI is InChI=1S/C10H13ClO5S2/c1-17(12,13)10-5-2-4-9(8-10)16-6-3-7-18(11,14)15/h2,4-5,8H,3,6-7H2,1H3. The molecule has 0 bridgehead atoms. The summed E-state index contributed by atoms with van der Waals surface area (Å²) in [5, 5.41) is 0. The predicted molar refractivity (Wildman–Crippen MR) is 69.3 cm³/mol. The zero-order valence-electron chi connectivity index (χ0n) is 9.67. The molecule has 18 heavy (non-hydrogen) atoms. The van der Waals surface area contributed by atoms with Crippen LogP contribution in [0, 0.1) is 0 Å². The number of benzene rings is 1. The molecule has 0 saturated heterocycles. The molecule has 1 rings (SSSR count). The minimum atomic E-state index is -3.51. The monoisotopic (exact) mass is 312 g/mol. The van der Waals surface area contributed by atoms with E-state index in [4.69, 9.17) is 15.4 Å². The van der Waals surface area contributed by atoms with Gasteiger partial charge in [0.05, 0.1) is 17.3 Å². The maximum absolute atomic E-state index is 11.3. The van der Waals surface area contributed by atoms with Crippen molar-refractivity contribution in [1.82, 2.24) is 0 Å². The predicted octanol–water partition coefficient (Wildman–Crippen LogP) is 1.43. The fraction of sp³-hybridized carbons (Fsp3) is 0.400. The first kappa shape index (κ1) is 15.3.